The number of nitrogens with zero attached hydrogens (tertiary/aromatic N) is 2. The fourth-order valence-electron chi connectivity index (χ4n) is 2.29. The van der Waals surface area contributed by atoms with Gasteiger partial charge in [-0.15, -0.1) is 0 Å². The number of nitriles is 1. The fourth-order valence-corrected chi connectivity index (χ4v) is 2.56. The monoisotopic (exact) mass is 294 g/mol. The molecule has 0 radical (unpaired) electrons. The Kier molecular flexibility index (Phi) is 4.03. The van der Waals surface area contributed by atoms with Crippen LogP contribution in [0.2, 0.25) is 0 Å². The van der Waals surface area contributed by atoms with Gasteiger partial charge in [0.15, 0.2) is 0 Å². The van der Waals surface area contributed by atoms with Crippen LogP contribution >= 0.6 is 15.9 Å². The predicted molar refractivity (Wildman–Crippen MR) is 70.9 cm³/mol. The van der Waals surface area contributed by atoms with Crippen LogP contribution in [0.5, 0.6) is 0 Å². The molecule has 2 atom stereocenters. The van der Waals surface area contributed by atoms with Crippen molar-refractivity contribution in [2.75, 3.05) is 18.6 Å². The molecule has 0 spiro atoms. The minimum atomic E-state index is 0.233. The van der Waals surface area contributed by atoms with Crippen molar-refractivity contribution in [3.05, 3.63) is 28.7 Å². The number of rotatable bonds is 3. The Labute approximate surface area is 110 Å². The van der Waals surface area contributed by atoms with Gasteiger partial charge in [-0.2, -0.15) is 5.26 Å². The molecule has 1 fully saturated rings. The maximum atomic E-state index is 8.87. The van der Waals surface area contributed by atoms with E-state index < -0.39 is 0 Å². The Balaban J connectivity index is 2.17. The van der Waals surface area contributed by atoms with Gasteiger partial charge in [-0.3, -0.25) is 0 Å². The van der Waals surface area contributed by atoms with Gasteiger partial charge in [-0.1, -0.05) is 15.9 Å². The third-order valence-corrected chi connectivity index (χ3v) is 3.72. The van der Waals surface area contributed by atoms with E-state index in [1.165, 1.54) is 0 Å². The SMILES string of the molecule is CO[C@@H]1C[C@H](CC#N)N(c2ccc(Br)cc2)C1. The lowest BCUT2D eigenvalue weighted by atomic mass is 10.1. The summed E-state index contributed by atoms with van der Waals surface area (Å²) in [6, 6.07) is 10.7. The van der Waals surface area contributed by atoms with Gasteiger partial charge in [0, 0.05) is 29.9 Å². The van der Waals surface area contributed by atoms with Gasteiger partial charge < -0.3 is 9.64 Å². The summed E-state index contributed by atoms with van der Waals surface area (Å²) in [4.78, 5) is 2.27. The molecule has 4 heteroatoms. The van der Waals surface area contributed by atoms with E-state index in [0.717, 1.165) is 23.1 Å². The largest absolute Gasteiger partial charge is 0.380 e. The van der Waals surface area contributed by atoms with Gasteiger partial charge in [0.25, 0.3) is 0 Å². The molecular weight excluding hydrogens is 280 g/mol. The molecule has 1 saturated heterocycles. The maximum Gasteiger partial charge on any atom is 0.0766 e. The summed E-state index contributed by atoms with van der Waals surface area (Å²) in [6.07, 6.45) is 1.72. The molecule has 17 heavy (non-hydrogen) atoms. The predicted octanol–water partition coefficient (Wildman–Crippen LogP) is 2.96. The summed E-state index contributed by atoms with van der Waals surface area (Å²) >= 11 is 3.43. The van der Waals surface area contributed by atoms with E-state index in [2.05, 4.69) is 39.0 Å². The van der Waals surface area contributed by atoms with Crippen LogP contribution in [-0.4, -0.2) is 25.8 Å². The van der Waals surface area contributed by atoms with Crippen LogP contribution in [0.3, 0.4) is 0 Å². The lowest BCUT2D eigenvalue weighted by Crippen LogP contribution is -2.29. The molecule has 0 unspecified atom stereocenters. The van der Waals surface area contributed by atoms with Crippen LogP contribution in [0.1, 0.15) is 12.8 Å². The first-order chi connectivity index (χ1) is 8.24. The Morgan fingerprint density at radius 3 is 2.76 bits per heavy atom. The van der Waals surface area contributed by atoms with E-state index in [0.29, 0.717) is 6.42 Å². The molecule has 1 aliphatic heterocycles. The molecule has 0 bridgehead atoms. The minimum absolute atomic E-state index is 0.233. The van der Waals surface area contributed by atoms with E-state index in [9.17, 15) is 0 Å². The van der Waals surface area contributed by atoms with Gasteiger partial charge in [0.05, 0.1) is 18.6 Å². The van der Waals surface area contributed by atoms with Gasteiger partial charge >= 0.3 is 0 Å². The smallest absolute Gasteiger partial charge is 0.0766 e. The van der Waals surface area contributed by atoms with Crippen molar-refractivity contribution in [2.45, 2.75) is 25.0 Å². The second-order valence-corrected chi connectivity index (χ2v) is 5.15. The molecule has 3 nitrogen and oxygen atoms in total. The van der Waals surface area contributed by atoms with Crippen LogP contribution in [-0.2, 0) is 4.74 Å². The third kappa shape index (κ3) is 2.80. The molecule has 0 saturated carbocycles. The summed E-state index contributed by atoms with van der Waals surface area (Å²) in [7, 11) is 1.74. The highest BCUT2D eigenvalue weighted by molar-refractivity contribution is 9.10. The average Bonchev–Trinajstić information content (AvgIpc) is 2.74. The van der Waals surface area contributed by atoms with Crippen molar-refractivity contribution in [1.82, 2.24) is 0 Å². The lowest BCUT2D eigenvalue weighted by Gasteiger charge is -2.24. The molecule has 2 rings (SSSR count). The summed E-state index contributed by atoms with van der Waals surface area (Å²) in [5.41, 5.74) is 1.16. The maximum absolute atomic E-state index is 8.87. The standard InChI is InChI=1S/C13H15BrN2O/c1-17-13-8-12(6-7-15)16(9-13)11-4-2-10(14)3-5-11/h2-5,12-13H,6,8-9H2,1H3/t12-,13+/m0/s1. The molecule has 1 aliphatic rings. The van der Waals surface area contributed by atoms with E-state index >= 15 is 0 Å². The number of halogens is 1. The zero-order valence-electron chi connectivity index (χ0n) is 9.77. The molecule has 90 valence electrons. The minimum Gasteiger partial charge on any atom is -0.380 e. The lowest BCUT2D eigenvalue weighted by molar-refractivity contribution is 0.118. The number of hydrogen-bond acceptors (Lipinski definition) is 3. The molecule has 0 N–H and O–H groups in total. The zero-order chi connectivity index (χ0) is 12.3. The number of hydrogen-bond donors (Lipinski definition) is 0. The van der Waals surface area contributed by atoms with Crippen LogP contribution in [0, 0.1) is 11.3 Å². The van der Waals surface area contributed by atoms with E-state index in [1.807, 2.05) is 12.1 Å². The first-order valence-electron chi connectivity index (χ1n) is 5.66. The highest BCUT2D eigenvalue weighted by Gasteiger charge is 2.31. The quantitative estimate of drug-likeness (QED) is 0.860. The van der Waals surface area contributed by atoms with Gasteiger partial charge in [0.2, 0.25) is 0 Å². The number of methoxy groups -OCH3 is 1. The zero-order valence-corrected chi connectivity index (χ0v) is 11.4. The third-order valence-electron chi connectivity index (χ3n) is 3.19. The molecule has 0 amide bonds. The van der Waals surface area contributed by atoms with Crippen LogP contribution in [0.25, 0.3) is 0 Å². The van der Waals surface area contributed by atoms with E-state index in [1.54, 1.807) is 7.11 Å². The fraction of sp³-hybridized carbons (Fsp3) is 0.462. The molecule has 1 aromatic carbocycles. The summed E-state index contributed by atoms with van der Waals surface area (Å²) in [5, 5.41) is 8.87. The van der Waals surface area contributed by atoms with Crippen molar-refractivity contribution in [3.8, 4) is 6.07 Å². The van der Waals surface area contributed by atoms with Crippen molar-refractivity contribution in [2.24, 2.45) is 0 Å². The highest BCUT2D eigenvalue weighted by atomic mass is 79.9. The normalized spacial score (nSPS) is 23.7. The Hall–Kier alpha value is -1.05. The van der Waals surface area contributed by atoms with Crippen molar-refractivity contribution in [1.29, 1.82) is 5.26 Å². The average molecular weight is 295 g/mol. The highest BCUT2D eigenvalue weighted by Crippen LogP contribution is 2.29. The van der Waals surface area contributed by atoms with Crippen LogP contribution < -0.4 is 4.90 Å². The summed E-state index contributed by atoms with van der Waals surface area (Å²) in [6.45, 7) is 0.866. The topological polar surface area (TPSA) is 36.3 Å². The Morgan fingerprint density at radius 1 is 1.47 bits per heavy atom. The molecular formula is C13H15BrN2O. The Bertz CT molecular complexity index is 412. The van der Waals surface area contributed by atoms with Gasteiger partial charge in [-0.05, 0) is 30.7 Å². The van der Waals surface area contributed by atoms with Gasteiger partial charge in [-0.25, -0.2) is 0 Å². The summed E-state index contributed by atoms with van der Waals surface area (Å²) < 4.78 is 6.47. The number of anilines is 1. The van der Waals surface area contributed by atoms with Crippen molar-refractivity contribution in [3.63, 3.8) is 0 Å². The van der Waals surface area contributed by atoms with Crippen molar-refractivity contribution < 1.29 is 4.74 Å². The van der Waals surface area contributed by atoms with Gasteiger partial charge in [0.1, 0.15) is 0 Å². The van der Waals surface area contributed by atoms with E-state index in [-0.39, 0.29) is 12.1 Å². The first-order valence-corrected chi connectivity index (χ1v) is 6.46. The van der Waals surface area contributed by atoms with Crippen LogP contribution in [0.4, 0.5) is 5.69 Å². The Morgan fingerprint density at radius 2 is 2.18 bits per heavy atom. The second kappa shape index (κ2) is 5.52. The number of benzene rings is 1. The molecule has 0 aromatic heterocycles. The van der Waals surface area contributed by atoms with E-state index in [4.69, 9.17) is 10.00 Å². The van der Waals surface area contributed by atoms with Crippen molar-refractivity contribution >= 4 is 21.6 Å². The first kappa shape index (κ1) is 12.4. The number of ether oxygens (including phenoxy) is 1. The molecule has 1 aromatic rings. The molecule has 0 aliphatic carbocycles. The molecule has 1 heterocycles. The second-order valence-electron chi connectivity index (χ2n) is 4.24. The van der Waals surface area contributed by atoms with Crippen LogP contribution in [0.15, 0.2) is 28.7 Å². The summed E-state index contributed by atoms with van der Waals surface area (Å²) in [5.74, 6) is 0.